The lowest BCUT2D eigenvalue weighted by Crippen LogP contribution is -2.44. The smallest absolute Gasteiger partial charge is 0.259 e. The molecule has 2 aliphatic heterocycles. The van der Waals surface area contributed by atoms with E-state index >= 15 is 0 Å². The third-order valence-corrected chi connectivity index (χ3v) is 5.95. The number of aryl methyl sites for hydroxylation is 1. The molecule has 0 atom stereocenters. The summed E-state index contributed by atoms with van der Waals surface area (Å²) in [5.41, 5.74) is 5.28. The molecule has 0 saturated carbocycles. The van der Waals surface area contributed by atoms with Gasteiger partial charge in [0, 0.05) is 67.3 Å². The summed E-state index contributed by atoms with van der Waals surface area (Å²) in [7, 11) is 4.20. The van der Waals surface area contributed by atoms with E-state index in [-0.39, 0.29) is 5.91 Å². The second-order valence-corrected chi connectivity index (χ2v) is 7.69. The first-order chi connectivity index (χ1) is 13.1. The predicted octanol–water partition coefficient (Wildman–Crippen LogP) is 3.09. The van der Waals surface area contributed by atoms with Gasteiger partial charge < -0.3 is 19.3 Å². The molecular formula is C22H24N4O. The molecule has 3 aromatic rings. The molecule has 0 radical (unpaired) electrons. The van der Waals surface area contributed by atoms with E-state index in [1.807, 2.05) is 18.0 Å². The summed E-state index contributed by atoms with van der Waals surface area (Å²) >= 11 is 0. The lowest BCUT2D eigenvalue weighted by atomic mass is 10.1. The highest BCUT2D eigenvalue weighted by molar-refractivity contribution is 6.11. The summed E-state index contributed by atoms with van der Waals surface area (Å²) in [5.74, 6) is 0.108. The summed E-state index contributed by atoms with van der Waals surface area (Å²) in [5, 5.41) is 1.16. The molecule has 0 spiro atoms. The monoisotopic (exact) mass is 360 g/mol. The van der Waals surface area contributed by atoms with E-state index in [9.17, 15) is 4.79 Å². The van der Waals surface area contributed by atoms with Gasteiger partial charge in [-0.15, -0.1) is 0 Å². The molecule has 1 saturated heterocycles. The number of rotatable bonds is 2. The Kier molecular flexibility index (Phi) is 3.72. The van der Waals surface area contributed by atoms with E-state index in [2.05, 4.69) is 64.0 Å². The number of hydrogen-bond donors (Lipinski definition) is 0. The van der Waals surface area contributed by atoms with Crippen molar-refractivity contribution in [2.24, 2.45) is 7.05 Å². The van der Waals surface area contributed by atoms with Crippen molar-refractivity contribution < 1.29 is 4.79 Å². The number of piperazine rings is 1. The van der Waals surface area contributed by atoms with Crippen LogP contribution in [0.1, 0.15) is 15.9 Å². The number of carbonyl (C=O) groups excluding carboxylic acids is 1. The van der Waals surface area contributed by atoms with Crippen LogP contribution in [-0.2, 0) is 13.6 Å². The Hall–Kier alpha value is -2.79. The minimum Gasteiger partial charge on any atom is -0.369 e. The molecule has 138 valence electrons. The van der Waals surface area contributed by atoms with Crippen LogP contribution in [0.2, 0.25) is 0 Å². The van der Waals surface area contributed by atoms with Crippen LogP contribution in [0.25, 0.3) is 10.9 Å². The fourth-order valence-corrected chi connectivity index (χ4v) is 4.20. The van der Waals surface area contributed by atoms with Crippen LogP contribution in [0.4, 0.5) is 11.4 Å². The number of amides is 1. The molecule has 1 fully saturated rings. The Balaban J connectivity index is 1.44. The van der Waals surface area contributed by atoms with Crippen molar-refractivity contribution in [3.8, 4) is 0 Å². The molecule has 2 aliphatic rings. The van der Waals surface area contributed by atoms with Crippen LogP contribution >= 0.6 is 0 Å². The summed E-state index contributed by atoms with van der Waals surface area (Å²) in [6, 6.07) is 14.7. The lowest BCUT2D eigenvalue weighted by Gasteiger charge is -2.34. The van der Waals surface area contributed by atoms with Gasteiger partial charge in [0.05, 0.1) is 6.54 Å². The first-order valence-electron chi connectivity index (χ1n) is 9.53. The summed E-state index contributed by atoms with van der Waals surface area (Å²) in [4.78, 5) is 19.7. The van der Waals surface area contributed by atoms with E-state index in [1.165, 1.54) is 5.52 Å². The van der Waals surface area contributed by atoms with Gasteiger partial charge >= 0.3 is 0 Å². The normalized spacial score (nSPS) is 17.8. The second kappa shape index (κ2) is 6.13. The van der Waals surface area contributed by atoms with Crippen LogP contribution in [0.3, 0.4) is 0 Å². The Bertz CT molecular complexity index is 1030. The average molecular weight is 360 g/mol. The minimum atomic E-state index is 0.108. The van der Waals surface area contributed by atoms with Crippen molar-refractivity contribution >= 4 is 28.2 Å². The van der Waals surface area contributed by atoms with Crippen molar-refractivity contribution in [3.63, 3.8) is 0 Å². The molecule has 0 aliphatic carbocycles. The van der Waals surface area contributed by atoms with Crippen LogP contribution in [0, 0.1) is 0 Å². The maximum absolute atomic E-state index is 13.1. The van der Waals surface area contributed by atoms with E-state index in [0.717, 1.165) is 54.1 Å². The van der Waals surface area contributed by atoms with Crippen molar-refractivity contribution in [2.45, 2.75) is 6.54 Å². The minimum absolute atomic E-state index is 0.108. The first-order valence-corrected chi connectivity index (χ1v) is 9.53. The van der Waals surface area contributed by atoms with Gasteiger partial charge in [-0.25, -0.2) is 0 Å². The van der Waals surface area contributed by atoms with E-state index in [1.54, 1.807) is 0 Å². The van der Waals surface area contributed by atoms with Gasteiger partial charge in [0.2, 0.25) is 0 Å². The van der Waals surface area contributed by atoms with Gasteiger partial charge in [0.1, 0.15) is 0 Å². The highest BCUT2D eigenvalue weighted by Crippen LogP contribution is 2.33. The predicted molar refractivity (Wildman–Crippen MR) is 110 cm³/mol. The van der Waals surface area contributed by atoms with Gasteiger partial charge in [-0.1, -0.05) is 6.07 Å². The maximum Gasteiger partial charge on any atom is 0.259 e. The first kappa shape index (κ1) is 16.4. The Morgan fingerprint density at radius 1 is 0.852 bits per heavy atom. The number of nitrogens with zero attached hydrogens (tertiary/aromatic N) is 4. The molecule has 2 aromatic carbocycles. The van der Waals surface area contributed by atoms with E-state index in [0.29, 0.717) is 6.54 Å². The molecular weight excluding hydrogens is 336 g/mol. The molecule has 1 aromatic heterocycles. The molecule has 0 bridgehead atoms. The Morgan fingerprint density at radius 2 is 1.63 bits per heavy atom. The van der Waals surface area contributed by atoms with Gasteiger partial charge in [-0.3, -0.25) is 4.79 Å². The number of aromatic nitrogens is 1. The number of carbonyl (C=O) groups is 1. The molecule has 0 N–H and O–H groups in total. The number of anilines is 2. The van der Waals surface area contributed by atoms with Gasteiger partial charge in [-0.2, -0.15) is 0 Å². The zero-order valence-corrected chi connectivity index (χ0v) is 15.9. The van der Waals surface area contributed by atoms with Crippen LogP contribution in [-0.4, -0.2) is 48.6 Å². The molecule has 5 nitrogen and oxygen atoms in total. The maximum atomic E-state index is 13.1. The van der Waals surface area contributed by atoms with Crippen LogP contribution < -0.4 is 9.80 Å². The molecule has 3 heterocycles. The SMILES string of the molecule is CN1CCN(c2ccc3c(c2)C(=O)N(c2ccc4c(ccn4C)c2)C3)CC1. The van der Waals surface area contributed by atoms with Crippen molar-refractivity contribution in [1.29, 1.82) is 0 Å². The van der Waals surface area contributed by atoms with E-state index < -0.39 is 0 Å². The molecule has 5 rings (SSSR count). The average Bonchev–Trinajstić information content (AvgIpc) is 3.22. The zero-order valence-electron chi connectivity index (χ0n) is 15.9. The number of hydrogen-bond acceptors (Lipinski definition) is 3. The Morgan fingerprint density at radius 3 is 2.44 bits per heavy atom. The largest absolute Gasteiger partial charge is 0.369 e. The standard InChI is InChI=1S/C22H24N4O/c1-23-9-11-25(12-10-23)18-4-3-17-15-26(22(27)20(17)14-18)19-5-6-21-16(13-19)7-8-24(21)2/h3-8,13-14H,9-12,15H2,1-2H3. The van der Waals surface area contributed by atoms with Gasteiger partial charge in [0.25, 0.3) is 5.91 Å². The summed E-state index contributed by atoms with van der Waals surface area (Å²) < 4.78 is 2.10. The topological polar surface area (TPSA) is 31.7 Å². The number of benzene rings is 2. The van der Waals surface area contributed by atoms with Crippen molar-refractivity contribution in [1.82, 2.24) is 9.47 Å². The van der Waals surface area contributed by atoms with E-state index in [4.69, 9.17) is 0 Å². The third kappa shape index (κ3) is 2.70. The van der Waals surface area contributed by atoms with Crippen LogP contribution in [0.15, 0.2) is 48.7 Å². The third-order valence-electron chi connectivity index (χ3n) is 5.95. The lowest BCUT2D eigenvalue weighted by molar-refractivity contribution is 0.0996. The van der Waals surface area contributed by atoms with Crippen molar-refractivity contribution in [3.05, 3.63) is 59.8 Å². The van der Waals surface area contributed by atoms with Gasteiger partial charge in [-0.05, 0) is 49.0 Å². The van der Waals surface area contributed by atoms with Crippen LogP contribution in [0.5, 0.6) is 0 Å². The summed E-state index contributed by atoms with van der Waals surface area (Å²) in [6.45, 7) is 4.80. The second-order valence-electron chi connectivity index (χ2n) is 7.69. The highest BCUT2D eigenvalue weighted by atomic mass is 16.2. The number of likely N-dealkylation sites (N-methyl/N-ethyl adjacent to an activating group) is 1. The quantitative estimate of drug-likeness (QED) is 0.704. The molecule has 5 heteroatoms. The fraction of sp³-hybridized carbons (Fsp3) is 0.318. The zero-order chi connectivity index (χ0) is 18.5. The fourth-order valence-electron chi connectivity index (χ4n) is 4.20. The summed E-state index contributed by atoms with van der Waals surface area (Å²) in [6.07, 6.45) is 2.05. The van der Waals surface area contributed by atoms with Crippen molar-refractivity contribution in [2.75, 3.05) is 43.0 Å². The molecule has 0 unspecified atom stereocenters. The molecule has 27 heavy (non-hydrogen) atoms. The highest BCUT2D eigenvalue weighted by Gasteiger charge is 2.29. The van der Waals surface area contributed by atoms with Gasteiger partial charge in [0.15, 0.2) is 0 Å². The molecule has 1 amide bonds. The number of fused-ring (bicyclic) bond motifs is 2. The Labute approximate surface area is 159 Å².